The number of benzene rings is 1. The highest BCUT2D eigenvalue weighted by Crippen LogP contribution is 2.45. The third-order valence-electron chi connectivity index (χ3n) is 2.38. The highest BCUT2D eigenvalue weighted by molar-refractivity contribution is 9.10. The van der Waals surface area contributed by atoms with Crippen molar-refractivity contribution >= 4 is 15.9 Å². The van der Waals surface area contributed by atoms with Gasteiger partial charge in [-0.05, 0) is 15.9 Å². The molecule has 5 nitrogen and oxygen atoms in total. The van der Waals surface area contributed by atoms with E-state index >= 15 is 0 Å². The molecule has 0 radical (unpaired) electrons. The summed E-state index contributed by atoms with van der Waals surface area (Å²) in [4.78, 5) is 0. The van der Waals surface area contributed by atoms with E-state index in [0.717, 1.165) is 0 Å². The molecule has 0 aliphatic heterocycles. The van der Waals surface area contributed by atoms with Crippen LogP contribution in [0.3, 0.4) is 0 Å². The Morgan fingerprint density at radius 1 is 1.24 bits per heavy atom. The van der Waals surface area contributed by atoms with E-state index in [1.54, 1.807) is 6.07 Å². The van der Waals surface area contributed by atoms with Gasteiger partial charge in [0.25, 0.3) is 0 Å². The third-order valence-corrected chi connectivity index (χ3v) is 2.97. The van der Waals surface area contributed by atoms with Crippen LogP contribution >= 0.6 is 15.9 Å². The molecular weight excluding hydrogens is 290 g/mol. The van der Waals surface area contributed by atoms with Crippen LogP contribution in [0.2, 0.25) is 0 Å². The minimum absolute atomic E-state index is 0.216. The molecule has 3 N–H and O–H groups in total. The van der Waals surface area contributed by atoms with E-state index in [2.05, 4.69) is 15.9 Å². The van der Waals surface area contributed by atoms with E-state index in [4.69, 9.17) is 19.9 Å². The molecule has 1 aromatic carbocycles. The van der Waals surface area contributed by atoms with Crippen LogP contribution in [0.4, 0.5) is 0 Å². The molecule has 0 aromatic heterocycles. The second-order valence-electron chi connectivity index (χ2n) is 3.33. The van der Waals surface area contributed by atoms with E-state index in [1.807, 2.05) is 0 Å². The molecule has 1 aromatic rings. The van der Waals surface area contributed by atoms with Crippen LogP contribution in [-0.4, -0.2) is 33.0 Å². The first kappa shape index (κ1) is 14.1. The number of aliphatic hydroxyl groups excluding tert-OH is 1. The van der Waals surface area contributed by atoms with Gasteiger partial charge in [0.2, 0.25) is 0 Å². The lowest BCUT2D eigenvalue weighted by molar-refractivity contribution is 0.258. The summed E-state index contributed by atoms with van der Waals surface area (Å²) in [5.74, 6) is 1.53. The van der Waals surface area contributed by atoms with Gasteiger partial charge in [-0.25, -0.2) is 0 Å². The fourth-order valence-corrected chi connectivity index (χ4v) is 2.19. The van der Waals surface area contributed by atoms with Crippen molar-refractivity contribution in [3.63, 3.8) is 0 Å². The molecule has 0 fully saturated rings. The van der Waals surface area contributed by atoms with E-state index in [9.17, 15) is 5.11 Å². The second-order valence-corrected chi connectivity index (χ2v) is 4.18. The Balaban J connectivity index is 3.52. The van der Waals surface area contributed by atoms with Crippen molar-refractivity contribution in [2.75, 3.05) is 27.9 Å². The number of ether oxygens (including phenoxy) is 3. The summed E-state index contributed by atoms with van der Waals surface area (Å²) in [6, 6.07) is 1.12. The number of nitrogens with two attached hydrogens (primary N) is 1. The lowest BCUT2D eigenvalue weighted by Crippen LogP contribution is -2.17. The summed E-state index contributed by atoms with van der Waals surface area (Å²) in [6.07, 6.45) is 0. The largest absolute Gasteiger partial charge is 0.495 e. The Morgan fingerprint density at radius 2 is 1.82 bits per heavy atom. The van der Waals surface area contributed by atoms with Crippen LogP contribution in [0.25, 0.3) is 0 Å². The SMILES string of the molecule is COc1cc(Br)c(OC)c(C(N)CO)c1OC. The molecule has 1 rings (SSSR count). The number of rotatable bonds is 5. The first-order chi connectivity index (χ1) is 8.10. The van der Waals surface area contributed by atoms with Crippen molar-refractivity contribution in [3.05, 3.63) is 16.1 Å². The van der Waals surface area contributed by atoms with Crippen LogP contribution in [0.1, 0.15) is 11.6 Å². The van der Waals surface area contributed by atoms with E-state index in [1.165, 1.54) is 21.3 Å². The first-order valence-corrected chi connectivity index (χ1v) is 5.74. The monoisotopic (exact) mass is 305 g/mol. The molecule has 17 heavy (non-hydrogen) atoms. The summed E-state index contributed by atoms with van der Waals surface area (Å²) in [6.45, 7) is -0.216. The zero-order chi connectivity index (χ0) is 13.0. The maximum Gasteiger partial charge on any atom is 0.169 e. The van der Waals surface area contributed by atoms with Gasteiger partial charge in [-0.1, -0.05) is 0 Å². The zero-order valence-corrected chi connectivity index (χ0v) is 11.6. The van der Waals surface area contributed by atoms with Crippen LogP contribution < -0.4 is 19.9 Å². The topological polar surface area (TPSA) is 73.9 Å². The van der Waals surface area contributed by atoms with Crippen molar-refractivity contribution in [2.45, 2.75) is 6.04 Å². The summed E-state index contributed by atoms with van der Waals surface area (Å²) in [7, 11) is 4.57. The van der Waals surface area contributed by atoms with Gasteiger partial charge in [-0.3, -0.25) is 0 Å². The zero-order valence-electron chi connectivity index (χ0n) is 9.99. The van der Waals surface area contributed by atoms with Crippen molar-refractivity contribution < 1.29 is 19.3 Å². The molecular formula is C11H16BrNO4. The highest BCUT2D eigenvalue weighted by Gasteiger charge is 2.23. The maximum absolute atomic E-state index is 9.19. The highest BCUT2D eigenvalue weighted by atomic mass is 79.9. The Morgan fingerprint density at radius 3 is 2.24 bits per heavy atom. The fourth-order valence-electron chi connectivity index (χ4n) is 1.61. The van der Waals surface area contributed by atoms with Gasteiger partial charge in [0.1, 0.15) is 5.75 Å². The summed E-state index contributed by atoms with van der Waals surface area (Å²) < 4.78 is 16.4. The molecule has 0 saturated heterocycles. The molecule has 0 saturated carbocycles. The quantitative estimate of drug-likeness (QED) is 0.861. The van der Waals surface area contributed by atoms with Crippen LogP contribution in [0.15, 0.2) is 10.5 Å². The van der Waals surface area contributed by atoms with Gasteiger partial charge in [0.15, 0.2) is 11.5 Å². The molecule has 0 aliphatic rings. The molecule has 0 bridgehead atoms. The standard InChI is InChI=1S/C11H16BrNO4/c1-15-8-4-6(12)10(16-2)9(7(13)5-14)11(8)17-3/h4,7,14H,5,13H2,1-3H3. The van der Waals surface area contributed by atoms with Gasteiger partial charge in [0, 0.05) is 6.07 Å². The number of halogens is 1. The molecule has 0 heterocycles. The molecule has 1 atom stereocenters. The number of hydrogen-bond acceptors (Lipinski definition) is 5. The molecule has 96 valence electrons. The number of methoxy groups -OCH3 is 3. The lowest BCUT2D eigenvalue weighted by atomic mass is 10.0. The van der Waals surface area contributed by atoms with Crippen molar-refractivity contribution in [1.82, 2.24) is 0 Å². The average Bonchev–Trinajstić information content (AvgIpc) is 2.36. The molecule has 0 aliphatic carbocycles. The van der Waals surface area contributed by atoms with E-state index in [0.29, 0.717) is 27.3 Å². The fraction of sp³-hybridized carbons (Fsp3) is 0.455. The molecule has 0 amide bonds. The number of hydrogen-bond donors (Lipinski definition) is 2. The van der Waals surface area contributed by atoms with Gasteiger partial charge >= 0.3 is 0 Å². The summed E-state index contributed by atoms with van der Waals surface area (Å²) in [5.41, 5.74) is 6.43. The molecule has 1 unspecified atom stereocenters. The Hall–Kier alpha value is -0.980. The van der Waals surface area contributed by atoms with Gasteiger partial charge in [0.05, 0.1) is 44.0 Å². The Kier molecular flexibility index (Phi) is 5.04. The average molecular weight is 306 g/mol. The lowest BCUT2D eigenvalue weighted by Gasteiger charge is -2.20. The third kappa shape index (κ3) is 2.65. The second kappa shape index (κ2) is 6.09. The van der Waals surface area contributed by atoms with Gasteiger partial charge in [-0.15, -0.1) is 0 Å². The minimum atomic E-state index is -0.605. The van der Waals surface area contributed by atoms with Crippen LogP contribution in [0.5, 0.6) is 17.2 Å². The molecule has 6 heteroatoms. The van der Waals surface area contributed by atoms with Crippen molar-refractivity contribution in [1.29, 1.82) is 0 Å². The first-order valence-electron chi connectivity index (χ1n) is 4.95. The number of aliphatic hydroxyl groups is 1. The van der Waals surface area contributed by atoms with E-state index < -0.39 is 6.04 Å². The Labute approximate surface area is 109 Å². The van der Waals surface area contributed by atoms with Crippen LogP contribution in [-0.2, 0) is 0 Å². The summed E-state index contributed by atoms with van der Waals surface area (Å²) >= 11 is 3.36. The normalized spacial score (nSPS) is 12.1. The predicted molar refractivity (Wildman–Crippen MR) is 67.8 cm³/mol. The van der Waals surface area contributed by atoms with Crippen molar-refractivity contribution in [3.8, 4) is 17.2 Å². The van der Waals surface area contributed by atoms with Gasteiger partial charge < -0.3 is 25.1 Å². The smallest absolute Gasteiger partial charge is 0.169 e. The summed E-state index contributed by atoms with van der Waals surface area (Å²) in [5, 5.41) is 9.19. The Bertz CT molecular complexity index is 398. The van der Waals surface area contributed by atoms with Crippen molar-refractivity contribution in [2.24, 2.45) is 5.73 Å². The molecule has 0 spiro atoms. The van der Waals surface area contributed by atoms with Crippen LogP contribution in [0, 0.1) is 0 Å². The minimum Gasteiger partial charge on any atom is -0.495 e. The van der Waals surface area contributed by atoms with Gasteiger partial charge in [-0.2, -0.15) is 0 Å². The van der Waals surface area contributed by atoms with E-state index in [-0.39, 0.29) is 6.61 Å². The predicted octanol–water partition coefficient (Wildman–Crippen LogP) is 1.47. The maximum atomic E-state index is 9.19.